The Balaban J connectivity index is 1.55. The molecular formula is C31H33F3N4O5. The molecule has 2 aromatic carbocycles. The van der Waals surface area contributed by atoms with Crippen LogP contribution < -0.4 is 18.9 Å². The highest BCUT2D eigenvalue weighted by molar-refractivity contribution is 6.08. The summed E-state index contributed by atoms with van der Waals surface area (Å²) in [4.78, 5) is 13.8. The molecule has 0 unspecified atom stereocenters. The first-order valence-electron chi connectivity index (χ1n) is 13.7. The van der Waals surface area contributed by atoms with E-state index in [1.54, 1.807) is 20.3 Å². The average Bonchev–Trinajstić information content (AvgIpc) is 3.58. The maximum absolute atomic E-state index is 13.8. The van der Waals surface area contributed by atoms with Gasteiger partial charge >= 0.3 is 6.18 Å². The number of alkyl halides is 3. The average molecular weight is 599 g/mol. The molecule has 1 amide bonds. The van der Waals surface area contributed by atoms with Crippen LogP contribution in [-0.2, 0) is 17.5 Å². The van der Waals surface area contributed by atoms with E-state index in [4.69, 9.17) is 24.0 Å². The Labute approximate surface area is 247 Å². The van der Waals surface area contributed by atoms with Crippen LogP contribution in [0.3, 0.4) is 0 Å². The summed E-state index contributed by atoms with van der Waals surface area (Å²) in [5.74, 6) is 1.60. The molecule has 3 aromatic rings. The van der Waals surface area contributed by atoms with Gasteiger partial charge in [0.15, 0.2) is 28.7 Å². The number of amides is 1. The molecule has 12 heteroatoms. The van der Waals surface area contributed by atoms with Gasteiger partial charge in [-0.2, -0.15) is 23.4 Å². The smallest absolute Gasteiger partial charge is 0.435 e. The molecule has 2 atom stereocenters. The number of fused-ring (bicyclic) bond motifs is 1. The number of methoxy groups -OCH3 is 4. The van der Waals surface area contributed by atoms with Gasteiger partial charge in [0.25, 0.3) is 5.91 Å². The number of hydrogen-bond donors (Lipinski definition) is 0. The third-order valence-electron chi connectivity index (χ3n) is 7.81. The predicted molar refractivity (Wildman–Crippen MR) is 153 cm³/mol. The quantitative estimate of drug-likeness (QED) is 0.313. The van der Waals surface area contributed by atoms with E-state index in [0.717, 1.165) is 52.4 Å². The summed E-state index contributed by atoms with van der Waals surface area (Å²) in [6, 6.07) is 11.5. The van der Waals surface area contributed by atoms with E-state index in [9.17, 15) is 18.0 Å². The highest BCUT2D eigenvalue weighted by atomic mass is 19.4. The third kappa shape index (κ3) is 5.91. The molecule has 1 aliphatic carbocycles. The number of benzene rings is 2. The maximum atomic E-state index is 13.8. The van der Waals surface area contributed by atoms with E-state index >= 15 is 0 Å². The lowest BCUT2D eigenvalue weighted by molar-refractivity contribution is -0.142. The van der Waals surface area contributed by atoms with Crippen LogP contribution in [0.1, 0.15) is 47.8 Å². The first kappa shape index (κ1) is 30.0. The molecule has 9 nitrogen and oxygen atoms in total. The standard InChI is InChI=1S/C31H33F3N4O5/c1-18-13-27(31(32,33)34)35-37(18)17-28(39)38-30(21-10-12-24(41-3)26(16-21)43-5)22-8-6-7-20(29(22)36-38)14-19-9-11-23(40-2)25(15-19)42-4/h9-16,22,30H,6-8,17H2,1-5H3/b20-14+/t22-,30+/m0/s1. The molecule has 0 saturated heterocycles. The highest BCUT2D eigenvalue weighted by Gasteiger charge is 2.44. The summed E-state index contributed by atoms with van der Waals surface area (Å²) < 4.78 is 62.8. The van der Waals surface area contributed by atoms with E-state index in [0.29, 0.717) is 23.0 Å². The molecule has 5 rings (SSSR count). The number of aromatic nitrogens is 2. The number of allylic oxidation sites excluding steroid dienone is 1. The molecular weight excluding hydrogens is 565 g/mol. The highest BCUT2D eigenvalue weighted by Crippen LogP contribution is 2.46. The minimum Gasteiger partial charge on any atom is -0.493 e. The molecule has 0 spiro atoms. The molecule has 1 fully saturated rings. The predicted octanol–water partition coefficient (Wildman–Crippen LogP) is 6.07. The molecule has 1 aromatic heterocycles. The van der Waals surface area contributed by atoms with Gasteiger partial charge in [-0.05, 0) is 79.3 Å². The number of carbonyl (C=O) groups is 1. The monoisotopic (exact) mass is 598 g/mol. The molecule has 2 aliphatic rings. The fourth-order valence-electron chi connectivity index (χ4n) is 5.73. The molecule has 0 bridgehead atoms. The van der Waals surface area contributed by atoms with Crippen LogP contribution in [0.4, 0.5) is 13.2 Å². The second-order valence-electron chi connectivity index (χ2n) is 10.4. The second-order valence-corrected chi connectivity index (χ2v) is 10.4. The van der Waals surface area contributed by atoms with Crippen LogP contribution in [-0.4, -0.2) is 54.8 Å². The van der Waals surface area contributed by atoms with Crippen molar-refractivity contribution in [3.63, 3.8) is 0 Å². The van der Waals surface area contributed by atoms with Crippen LogP contribution >= 0.6 is 0 Å². The Morgan fingerprint density at radius 2 is 1.60 bits per heavy atom. The van der Waals surface area contributed by atoms with E-state index < -0.39 is 30.4 Å². The minimum atomic E-state index is -4.62. The Kier molecular flexibility index (Phi) is 8.38. The number of halogens is 3. The number of ether oxygens (including phenoxy) is 4. The van der Waals surface area contributed by atoms with Crippen molar-refractivity contribution in [3.8, 4) is 23.0 Å². The number of hydrogen-bond acceptors (Lipinski definition) is 7. The van der Waals surface area contributed by atoms with Gasteiger partial charge in [0, 0.05) is 11.6 Å². The van der Waals surface area contributed by atoms with Crippen LogP contribution in [0.2, 0.25) is 0 Å². The van der Waals surface area contributed by atoms with Crippen LogP contribution in [0, 0.1) is 12.8 Å². The van der Waals surface area contributed by atoms with Gasteiger partial charge in [-0.3, -0.25) is 9.48 Å². The van der Waals surface area contributed by atoms with Gasteiger partial charge in [-0.25, -0.2) is 5.01 Å². The first-order chi connectivity index (χ1) is 20.6. The van der Waals surface area contributed by atoms with Gasteiger partial charge in [0.05, 0.1) is 40.2 Å². The largest absolute Gasteiger partial charge is 0.493 e. The Bertz CT molecular complexity index is 1580. The molecule has 2 heterocycles. The normalized spacial score (nSPS) is 19.2. The van der Waals surface area contributed by atoms with Crippen molar-refractivity contribution in [2.75, 3.05) is 28.4 Å². The maximum Gasteiger partial charge on any atom is 0.435 e. The van der Waals surface area contributed by atoms with Gasteiger partial charge in [0.2, 0.25) is 0 Å². The van der Waals surface area contributed by atoms with Gasteiger partial charge < -0.3 is 18.9 Å². The number of hydrazone groups is 1. The van der Waals surface area contributed by atoms with Crippen molar-refractivity contribution >= 4 is 17.7 Å². The van der Waals surface area contributed by atoms with Gasteiger partial charge in [-0.15, -0.1) is 0 Å². The molecule has 1 aliphatic heterocycles. The number of nitrogens with zero attached hydrogens (tertiary/aromatic N) is 4. The molecule has 43 heavy (non-hydrogen) atoms. The lowest BCUT2D eigenvalue weighted by Gasteiger charge is -2.30. The van der Waals surface area contributed by atoms with E-state index in [1.165, 1.54) is 26.2 Å². The lowest BCUT2D eigenvalue weighted by Crippen LogP contribution is -2.34. The van der Waals surface area contributed by atoms with Crippen molar-refractivity contribution in [3.05, 3.63) is 70.6 Å². The second kappa shape index (κ2) is 12.0. The Morgan fingerprint density at radius 1 is 0.953 bits per heavy atom. The van der Waals surface area contributed by atoms with Crippen molar-refractivity contribution < 1.29 is 36.9 Å². The minimum absolute atomic E-state index is 0.147. The van der Waals surface area contributed by atoms with Crippen LogP contribution in [0.5, 0.6) is 23.0 Å². The zero-order valence-electron chi connectivity index (χ0n) is 24.6. The Hall–Kier alpha value is -4.48. The van der Waals surface area contributed by atoms with E-state index in [-0.39, 0.29) is 11.6 Å². The van der Waals surface area contributed by atoms with Crippen LogP contribution in [0.15, 0.2) is 53.1 Å². The third-order valence-corrected chi connectivity index (χ3v) is 7.81. The van der Waals surface area contributed by atoms with E-state index in [2.05, 4.69) is 5.10 Å². The SMILES string of the molecule is COc1ccc(/C=C2\CCC[C@H]3C2=NN(C(=O)Cn2nc(C(F)(F)F)cc2C)[C@@H]3c2ccc(OC)c(OC)c2)cc1OC. The first-order valence-corrected chi connectivity index (χ1v) is 13.7. The summed E-state index contributed by atoms with van der Waals surface area (Å²) in [6.07, 6.45) is -0.211. The summed E-state index contributed by atoms with van der Waals surface area (Å²) in [5, 5.41) is 9.89. The molecule has 0 N–H and O–H groups in total. The zero-order valence-corrected chi connectivity index (χ0v) is 24.6. The molecule has 1 saturated carbocycles. The summed E-state index contributed by atoms with van der Waals surface area (Å²) in [6.45, 7) is 1.09. The number of carbonyl (C=O) groups excluding carboxylic acids is 1. The topological polar surface area (TPSA) is 87.4 Å². The molecule has 0 radical (unpaired) electrons. The lowest BCUT2D eigenvalue weighted by atomic mass is 9.77. The summed E-state index contributed by atoms with van der Waals surface area (Å²) in [7, 11) is 6.22. The van der Waals surface area contributed by atoms with Crippen molar-refractivity contribution in [2.45, 2.75) is 44.9 Å². The van der Waals surface area contributed by atoms with Gasteiger partial charge in [-0.1, -0.05) is 12.1 Å². The fourth-order valence-corrected chi connectivity index (χ4v) is 5.73. The summed E-state index contributed by atoms with van der Waals surface area (Å²) >= 11 is 0. The van der Waals surface area contributed by atoms with Crippen molar-refractivity contribution in [1.82, 2.24) is 14.8 Å². The Morgan fingerprint density at radius 3 is 2.23 bits per heavy atom. The van der Waals surface area contributed by atoms with Crippen LogP contribution in [0.25, 0.3) is 6.08 Å². The van der Waals surface area contributed by atoms with Crippen molar-refractivity contribution in [2.24, 2.45) is 11.0 Å². The summed E-state index contributed by atoms with van der Waals surface area (Å²) in [5.41, 5.74) is 2.57. The van der Waals surface area contributed by atoms with Crippen molar-refractivity contribution in [1.29, 1.82) is 0 Å². The van der Waals surface area contributed by atoms with Gasteiger partial charge in [0.1, 0.15) is 6.54 Å². The molecule has 228 valence electrons. The number of rotatable bonds is 8. The number of aryl methyl sites for hydroxylation is 1. The zero-order chi connectivity index (χ0) is 30.9. The van der Waals surface area contributed by atoms with E-state index in [1.807, 2.05) is 36.4 Å². The fraction of sp³-hybridized carbons (Fsp3) is 0.387.